The van der Waals surface area contributed by atoms with Gasteiger partial charge >= 0.3 is 0 Å². The van der Waals surface area contributed by atoms with Crippen LogP contribution in [0.15, 0.2) is 4.52 Å². The normalized spacial score (nSPS) is 19.0. The smallest absolute Gasteiger partial charge is 0.228 e. The van der Waals surface area contributed by atoms with Crippen LogP contribution in [0.5, 0.6) is 0 Å². The van der Waals surface area contributed by atoms with Gasteiger partial charge in [-0.05, 0) is 26.3 Å². The van der Waals surface area contributed by atoms with Crippen molar-refractivity contribution in [3.05, 3.63) is 11.7 Å². The molecule has 102 valence electrons. The van der Waals surface area contributed by atoms with Gasteiger partial charge in [0.05, 0.1) is 0 Å². The first-order valence-electron chi connectivity index (χ1n) is 7.33. The van der Waals surface area contributed by atoms with E-state index in [1.807, 2.05) is 7.05 Å². The summed E-state index contributed by atoms with van der Waals surface area (Å²) in [5.41, 5.74) is 0. The Morgan fingerprint density at radius 3 is 2.78 bits per heavy atom. The van der Waals surface area contributed by atoms with Gasteiger partial charge in [-0.1, -0.05) is 37.8 Å². The molecule has 1 N–H and O–H groups in total. The second kappa shape index (κ2) is 6.88. The van der Waals surface area contributed by atoms with Crippen LogP contribution < -0.4 is 5.32 Å². The molecule has 1 fully saturated rings. The molecule has 1 unspecified atom stereocenters. The number of nitrogens with zero attached hydrogens (tertiary/aromatic N) is 2. The van der Waals surface area contributed by atoms with Crippen molar-refractivity contribution in [2.75, 3.05) is 7.05 Å². The Morgan fingerprint density at radius 1 is 1.33 bits per heavy atom. The summed E-state index contributed by atoms with van der Waals surface area (Å²) in [6, 6.07) is 0.453. The van der Waals surface area contributed by atoms with E-state index in [2.05, 4.69) is 22.4 Å². The molecule has 18 heavy (non-hydrogen) atoms. The van der Waals surface area contributed by atoms with Crippen molar-refractivity contribution < 1.29 is 4.52 Å². The molecule has 0 spiro atoms. The van der Waals surface area contributed by atoms with Gasteiger partial charge in [-0.15, -0.1) is 0 Å². The number of aromatic nitrogens is 2. The van der Waals surface area contributed by atoms with Crippen LogP contribution in [0, 0.1) is 0 Å². The van der Waals surface area contributed by atoms with E-state index in [-0.39, 0.29) is 0 Å². The van der Waals surface area contributed by atoms with Crippen molar-refractivity contribution in [1.82, 2.24) is 15.5 Å². The molecule has 1 atom stereocenters. The summed E-state index contributed by atoms with van der Waals surface area (Å²) in [7, 11) is 2.00. The second-order valence-electron chi connectivity index (χ2n) is 5.36. The SMILES string of the molecule is CCCC(Cc1nc(C2CCCCC2)no1)NC. The summed E-state index contributed by atoms with van der Waals surface area (Å²) in [4.78, 5) is 4.59. The number of hydrogen-bond acceptors (Lipinski definition) is 4. The second-order valence-corrected chi connectivity index (χ2v) is 5.36. The zero-order valence-corrected chi connectivity index (χ0v) is 11.6. The highest BCUT2D eigenvalue weighted by Gasteiger charge is 2.21. The zero-order chi connectivity index (χ0) is 12.8. The van der Waals surface area contributed by atoms with Crippen LogP contribution >= 0.6 is 0 Å². The van der Waals surface area contributed by atoms with E-state index >= 15 is 0 Å². The first kappa shape index (κ1) is 13.5. The van der Waals surface area contributed by atoms with Crippen molar-refractivity contribution in [3.63, 3.8) is 0 Å². The quantitative estimate of drug-likeness (QED) is 0.844. The van der Waals surface area contributed by atoms with Gasteiger partial charge in [0.25, 0.3) is 0 Å². The number of hydrogen-bond donors (Lipinski definition) is 1. The Morgan fingerprint density at radius 2 is 2.11 bits per heavy atom. The number of nitrogens with one attached hydrogen (secondary N) is 1. The molecule has 1 aliphatic carbocycles. The first-order chi connectivity index (χ1) is 8.83. The van der Waals surface area contributed by atoms with Crippen molar-refractivity contribution in [2.45, 2.75) is 70.3 Å². The highest BCUT2D eigenvalue weighted by atomic mass is 16.5. The molecule has 4 heteroatoms. The van der Waals surface area contributed by atoms with Crippen LogP contribution in [0.25, 0.3) is 0 Å². The maximum atomic E-state index is 5.40. The minimum atomic E-state index is 0.453. The predicted molar refractivity (Wildman–Crippen MR) is 71.6 cm³/mol. The van der Waals surface area contributed by atoms with E-state index < -0.39 is 0 Å². The zero-order valence-electron chi connectivity index (χ0n) is 11.6. The average Bonchev–Trinajstić information content (AvgIpc) is 2.88. The van der Waals surface area contributed by atoms with Gasteiger partial charge in [0, 0.05) is 18.4 Å². The molecule has 1 saturated carbocycles. The molecule has 4 nitrogen and oxygen atoms in total. The molecular weight excluding hydrogens is 226 g/mol. The van der Waals surface area contributed by atoms with Crippen molar-refractivity contribution >= 4 is 0 Å². The Bertz CT molecular complexity index is 345. The lowest BCUT2D eigenvalue weighted by molar-refractivity contribution is 0.343. The van der Waals surface area contributed by atoms with Crippen molar-refractivity contribution in [1.29, 1.82) is 0 Å². The van der Waals surface area contributed by atoms with E-state index in [9.17, 15) is 0 Å². The average molecular weight is 251 g/mol. The lowest BCUT2D eigenvalue weighted by Gasteiger charge is -2.17. The standard InChI is InChI=1S/C14H25N3O/c1-3-7-12(15-2)10-13-16-14(17-18-13)11-8-5-4-6-9-11/h11-12,15H,3-10H2,1-2H3. The lowest BCUT2D eigenvalue weighted by atomic mass is 9.89. The van der Waals surface area contributed by atoms with E-state index in [0.29, 0.717) is 12.0 Å². The highest BCUT2D eigenvalue weighted by Crippen LogP contribution is 2.30. The molecule has 0 amide bonds. The maximum Gasteiger partial charge on any atom is 0.228 e. The molecule has 2 rings (SSSR count). The van der Waals surface area contributed by atoms with Crippen LogP contribution in [0.4, 0.5) is 0 Å². The summed E-state index contributed by atoms with van der Waals surface area (Å²) >= 11 is 0. The Balaban J connectivity index is 1.92. The largest absolute Gasteiger partial charge is 0.339 e. The van der Waals surface area contributed by atoms with Gasteiger partial charge in [0.15, 0.2) is 5.82 Å². The Kier molecular flexibility index (Phi) is 5.17. The third kappa shape index (κ3) is 3.55. The fourth-order valence-corrected chi connectivity index (χ4v) is 2.79. The van der Waals surface area contributed by atoms with E-state index in [0.717, 1.165) is 24.6 Å². The van der Waals surface area contributed by atoms with Crippen LogP contribution in [0.3, 0.4) is 0 Å². The molecule has 0 saturated heterocycles. The molecule has 0 bridgehead atoms. The minimum absolute atomic E-state index is 0.453. The Hall–Kier alpha value is -0.900. The molecular formula is C14H25N3O. The maximum absolute atomic E-state index is 5.40. The molecule has 0 aromatic carbocycles. The van der Waals surface area contributed by atoms with E-state index in [4.69, 9.17) is 4.52 Å². The van der Waals surface area contributed by atoms with Crippen LogP contribution in [-0.4, -0.2) is 23.2 Å². The van der Waals surface area contributed by atoms with Gasteiger partial charge in [-0.3, -0.25) is 0 Å². The molecule has 0 radical (unpaired) electrons. The van der Waals surface area contributed by atoms with Gasteiger partial charge in [0.1, 0.15) is 0 Å². The first-order valence-corrected chi connectivity index (χ1v) is 7.33. The highest BCUT2D eigenvalue weighted by molar-refractivity contribution is 4.97. The fourth-order valence-electron chi connectivity index (χ4n) is 2.79. The molecule has 1 aliphatic rings. The summed E-state index contributed by atoms with van der Waals surface area (Å²) in [5, 5.41) is 7.49. The summed E-state index contributed by atoms with van der Waals surface area (Å²) in [6.07, 6.45) is 9.61. The predicted octanol–water partition coefficient (Wildman–Crippen LogP) is 3.05. The number of rotatable bonds is 6. The third-order valence-corrected chi connectivity index (χ3v) is 3.92. The van der Waals surface area contributed by atoms with E-state index in [1.165, 1.54) is 38.5 Å². The van der Waals surface area contributed by atoms with Gasteiger partial charge in [-0.25, -0.2) is 0 Å². The van der Waals surface area contributed by atoms with Crippen molar-refractivity contribution in [3.8, 4) is 0 Å². The van der Waals surface area contributed by atoms with Crippen LogP contribution in [0.2, 0.25) is 0 Å². The lowest BCUT2D eigenvalue weighted by Crippen LogP contribution is -2.27. The van der Waals surface area contributed by atoms with Crippen LogP contribution in [0.1, 0.15) is 69.5 Å². The molecule has 1 heterocycles. The van der Waals surface area contributed by atoms with Gasteiger partial charge < -0.3 is 9.84 Å². The van der Waals surface area contributed by atoms with Gasteiger partial charge in [-0.2, -0.15) is 4.98 Å². The molecule has 0 aliphatic heterocycles. The summed E-state index contributed by atoms with van der Waals surface area (Å²) in [5.74, 6) is 2.27. The summed E-state index contributed by atoms with van der Waals surface area (Å²) in [6.45, 7) is 2.20. The monoisotopic (exact) mass is 251 g/mol. The third-order valence-electron chi connectivity index (χ3n) is 3.92. The minimum Gasteiger partial charge on any atom is -0.339 e. The Labute approximate surface area is 110 Å². The van der Waals surface area contributed by atoms with Crippen LogP contribution in [-0.2, 0) is 6.42 Å². The molecule has 1 aromatic rings. The fraction of sp³-hybridized carbons (Fsp3) is 0.857. The summed E-state index contributed by atoms with van der Waals surface area (Å²) < 4.78 is 5.40. The van der Waals surface area contributed by atoms with Gasteiger partial charge in [0.2, 0.25) is 5.89 Å². The molecule has 1 aromatic heterocycles. The topological polar surface area (TPSA) is 51.0 Å². The number of likely N-dealkylation sites (N-methyl/N-ethyl adjacent to an activating group) is 1. The van der Waals surface area contributed by atoms with E-state index in [1.54, 1.807) is 0 Å². The van der Waals surface area contributed by atoms with Crippen molar-refractivity contribution in [2.24, 2.45) is 0 Å².